The zero-order valence-corrected chi connectivity index (χ0v) is 12.7. The Morgan fingerprint density at radius 1 is 1.45 bits per heavy atom. The van der Waals surface area contributed by atoms with Crippen LogP contribution in [0.4, 0.5) is 5.69 Å². The van der Waals surface area contributed by atoms with E-state index in [0.717, 1.165) is 5.56 Å². The Balaban J connectivity index is 3.10. The second-order valence-corrected chi connectivity index (χ2v) is 5.27. The molecule has 0 N–H and O–H groups in total. The fraction of sp³-hybridized carbons (Fsp3) is 0.500. The van der Waals surface area contributed by atoms with Crippen LogP contribution in [0.25, 0.3) is 0 Å². The third-order valence-electron chi connectivity index (χ3n) is 3.08. The van der Waals surface area contributed by atoms with Crippen molar-refractivity contribution in [2.45, 2.75) is 33.2 Å². The molecule has 1 rings (SSSR count). The van der Waals surface area contributed by atoms with Crippen molar-refractivity contribution < 1.29 is 9.72 Å². The van der Waals surface area contributed by atoms with Gasteiger partial charge in [0.1, 0.15) is 0 Å². The maximum atomic E-state index is 12.5. The molecule has 1 aromatic rings. The van der Waals surface area contributed by atoms with Gasteiger partial charge in [0.2, 0.25) is 0 Å². The summed E-state index contributed by atoms with van der Waals surface area (Å²) < 4.78 is 0. The number of nitro groups is 1. The molecule has 5 nitrogen and oxygen atoms in total. The first-order valence-corrected chi connectivity index (χ1v) is 7.04. The summed E-state index contributed by atoms with van der Waals surface area (Å²) in [4.78, 5) is 24.6. The van der Waals surface area contributed by atoms with Gasteiger partial charge < -0.3 is 4.90 Å². The molecule has 1 aromatic carbocycles. The smallest absolute Gasteiger partial charge is 0.270 e. The number of hydrogen-bond donors (Lipinski definition) is 0. The molecule has 0 heterocycles. The number of nitro benzene ring substituents is 1. The van der Waals surface area contributed by atoms with Crippen molar-refractivity contribution in [1.82, 2.24) is 4.90 Å². The van der Waals surface area contributed by atoms with Crippen molar-refractivity contribution in [1.29, 1.82) is 0 Å². The molecule has 0 saturated heterocycles. The molecule has 0 aliphatic heterocycles. The molecule has 0 fully saturated rings. The molecule has 0 aromatic heterocycles. The second kappa shape index (κ2) is 7.24. The Hall–Kier alpha value is -1.62. The van der Waals surface area contributed by atoms with Crippen LogP contribution in [0.1, 0.15) is 36.2 Å². The van der Waals surface area contributed by atoms with E-state index < -0.39 is 4.92 Å². The maximum absolute atomic E-state index is 12.5. The predicted octanol–water partition coefficient (Wildman–Crippen LogP) is 3.38. The fourth-order valence-electron chi connectivity index (χ4n) is 1.93. The molecule has 110 valence electrons. The summed E-state index contributed by atoms with van der Waals surface area (Å²) >= 11 is 5.67. The summed E-state index contributed by atoms with van der Waals surface area (Å²) in [5.74, 6) is 0.288. The van der Waals surface area contributed by atoms with Crippen molar-refractivity contribution in [3.05, 3.63) is 39.4 Å². The normalized spacial score (nSPS) is 10.7. The highest BCUT2D eigenvalue weighted by Crippen LogP contribution is 2.20. The molecule has 0 atom stereocenters. The topological polar surface area (TPSA) is 63.5 Å². The molecule has 1 amide bonds. The standard InChI is InChI=1S/C14H19ClN2O3/c1-10(2)16(8-4-7-15)14(18)13-9-12(17(19)20)6-5-11(13)3/h5-6,9-10H,4,7-8H2,1-3H3. The molecule has 0 saturated carbocycles. The number of carbonyl (C=O) groups excluding carboxylic acids is 1. The molecule has 0 bridgehead atoms. The van der Waals surface area contributed by atoms with Gasteiger partial charge in [0.25, 0.3) is 11.6 Å². The molecule has 6 heteroatoms. The first kappa shape index (κ1) is 16.4. The molecule has 0 aliphatic carbocycles. The van der Waals surface area contributed by atoms with Crippen LogP contribution in [-0.4, -0.2) is 34.2 Å². The van der Waals surface area contributed by atoms with Gasteiger partial charge in [-0.2, -0.15) is 0 Å². The van der Waals surface area contributed by atoms with Crippen LogP contribution in [0, 0.1) is 17.0 Å². The molecule has 20 heavy (non-hydrogen) atoms. The molecule has 0 radical (unpaired) electrons. The number of halogens is 1. The third kappa shape index (κ3) is 3.93. The van der Waals surface area contributed by atoms with Gasteiger partial charge in [-0.3, -0.25) is 14.9 Å². The van der Waals surface area contributed by atoms with E-state index in [1.807, 2.05) is 13.8 Å². The van der Waals surface area contributed by atoms with E-state index in [1.54, 1.807) is 17.9 Å². The van der Waals surface area contributed by atoms with E-state index in [-0.39, 0.29) is 17.6 Å². The minimum Gasteiger partial charge on any atom is -0.336 e. The monoisotopic (exact) mass is 298 g/mol. The van der Waals surface area contributed by atoms with Gasteiger partial charge in [-0.05, 0) is 32.8 Å². The SMILES string of the molecule is Cc1ccc([N+](=O)[O-])cc1C(=O)N(CCCCl)C(C)C. The lowest BCUT2D eigenvalue weighted by Crippen LogP contribution is -2.38. The van der Waals surface area contributed by atoms with Crippen molar-refractivity contribution >= 4 is 23.2 Å². The summed E-state index contributed by atoms with van der Waals surface area (Å²) in [6.45, 7) is 6.15. The minimum atomic E-state index is -0.491. The molecule has 0 aliphatic rings. The van der Waals surface area contributed by atoms with Gasteiger partial charge in [-0.25, -0.2) is 0 Å². The first-order chi connectivity index (χ1) is 9.38. The van der Waals surface area contributed by atoms with Crippen molar-refractivity contribution in [2.24, 2.45) is 0 Å². The summed E-state index contributed by atoms with van der Waals surface area (Å²) in [5.41, 5.74) is 1.04. The predicted molar refractivity (Wildman–Crippen MR) is 79.3 cm³/mol. The lowest BCUT2D eigenvalue weighted by molar-refractivity contribution is -0.384. The number of non-ortho nitro benzene ring substituents is 1. The Bertz CT molecular complexity index is 503. The number of rotatable bonds is 6. The lowest BCUT2D eigenvalue weighted by atomic mass is 10.1. The Morgan fingerprint density at radius 3 is 2.60 bits per heavy atom. The summed E-state index contributed by atoms with van der Waals surface area (Å²) in [6.07, 6.45) is 0.694. The molecular weight excluding hydrogens is 280 g/mol. The summed E-state index contributed by atoms with van der Waals surface area (Å²) in [5, 5.41) is 10.8. The van der Waals surface area contributed by atoms with Gasteiger partial charge in [0, 0.05) is 36.2 Å². The number of aryl methyl sites for hydroxylation is 1. The highest BCUT2D eigenvalue weighted by Gasteiger charge is 2.22. The first-order valence-electron chi connectivity index (χ1n) is 6.50. The number of hydrogen-bond acceptors (Lipinski definition) is 3. The summed E-state index contributed by atoms with van der Waals surface area (Å²) in [6, 6.07) is 4.37. The Kier molecular flexibility index (Phi) is 5.95. The highest BCUT2D eigenvalue weighted by atomic mass is 35.5. The second-order valence-electron chi connectivity index (χ2n) is 4.89. The van der Waals surface area contributed by atoms with Crippen molar-refractivity contribution in [2.75, 3.05) is 12.4 Å². The Morgan fingerprint density at radius 2 is 2.10 bits per heavy atom. The van der Waals surface area contributed by atoms with Crippen LogP contribution >= 0.6 is 11.6 Å². The van der Waals surface area contributed by atoms with Crippen LogP contribution in [-0.2, 0) is 0 Å². The number of benzene rings is 1. The number of carbonyl (C=O) groups is 1. The van der Waals surface area contributed by atoms with E-state index in [2.05, 4.69) is 0 Å². The van der Waals surface area contributed by atoms with Crippen molar-refractivity contribution in [3.63, 3.8) is 0 Å². The number of alkyl halides is 1. The number of nitrogens with zero attached hydrogens (tertiary/aromatic N) is 2. The average Bonchev–Trinajstić information content (AvgIpc) is 2.38. The van der Waals surface area contributed by atoms with Gasteiger partial charge in [0.15, 0.2) is 0 Å². The number of amides is 1. The van der Waals surface area contributed by atoms with Crippen LogP contribution in [0.3, 0.4) is 0 Å². The Labute approximate surface area is 123 Å². The van der Waals surface area contributed by atoms with Gasteiger partial charge >= 0.3 is 0 Å². The van der Waals surface area contributed by atoms with Crippen molar-refractivity contribution in [3.8, 4) is 0 Å². The van der Waals surface area contributed by atoms with Crippen LogP contribution in [0.15, 0.2) is 18.2 Å². The summed E-state index contributed by atoms with van der Waals surface area (Å²) in [7, 11) is 0. The average molecular weight is 299 g/mol. The van der Waals surface area contributed by atoms with Gasteiger partial charge in [-0.15, -0.1) is 11.6 Å². The molecule has 0 unspecified atom stereocenters. The highest BCUT2D eigenvalue weighted by molar-refractivity contribution is 6.17. The lowest BCUT2D eigenvalue weighted by Gasteiger charge is -2.27. The molecular formula is C14H19ClN2O3. The van der Waals surface area contributed by atoms with Crippen LogP contribution in [0.5, 0.6) is 0 Å². The van der Waals surface area contributed by atoms with E-state index in [1.165, 1.54) is 12.1 Å². The third-order valence-corrected chi connectivity index (χ3v) is 3.35. The fourth-order valence-corrected chi connectivity index (χ4v) is 2.05. The maximum Gasteiger partial charge on any atom is 0.270 e. The molecule has 0 spiro atoms. The van der Waals surface area contributed by atoms with E-state index in [9.17, 15) is 14.9 Å². The van der Waals surface area contributed by atoms with Gasteiger partial charge in [-0.1, -0.05) is 6.07 Å². The van der Waals surface area contributed by atoms with Crippen LogP contribution in [0.2, 0.25) is 0 Å². The minimum absolute atomic E-state index is 0.0179. The quantitative estimate of drug-likeness (QED) is 0.459. The zero-order valence-electron chi connectivity index (χ0n) is 11.9. The van der Waals surface area contributed by atoms with E-state index >= 15 is 0 Å². The van der Waals surface area contributed by atoms with Crippen LogP contribution < -0.4 is 0 Å². The van der Waals surface area contributed by atoms with Gasteiger partial charge in [0.05, 0.1) is 4.92 Å². The largest absolute Gasteiger partial charge is 0.336 e. The zero-order chi connectivity index (χ0) is 15.3. The van der Waals surface area contributed by atoms with E-state index in [0.29, 0.717) is 24.4 Å². The van der Waals surface area contributed by atoms with E-state index in [4.69, 9.17) is 11.6 Å².